The fourth-order valence-electron chi connectivity index (χ4n) is 1.83. The Bertz CT molecular complexity index is 584. The van der Waals surface area contributed by atoms with Gasteiger partial charge in [-0.15, -0.1) is 0 Å². The van der Waals surface area contributed by atoms with Crippen molar-refractivity contribution in [3.05, 3.63) is 57.4 Å². The molecule has 0 aliphatic rings. The third-order valence-corrected chi connectivity index (χ3v) is 4.18. The molecular weight excluding hydrogens is 342 g/mol. The number of benzene rings is 1. The van der Waals surface area contributed by atoms with Crippen molar-refractivity contribution in [3.8, 4) is 0 Å². The number of hydrogen-bond acceptors (Lipinski definition) is 2. The summed E-state index contributed by atoms with van der Waals surface area (Å²) in [6.45, 7) is 1.98. The van der Waals surface area contributed by atoms with Crippen LogP contribution in [0.2, 0.25) is 5.02 Å². The van der Waals surface area contributed by atoms with E-state index in [0.717, 1.165) is 23.1 Å². The van der Waals surface area contributed by atoms with E-state index in [1.807, 2.05) is 19.1 Å². The second-order valence-electron chi connectivity index (χ2n) is 4.62. The van der Waals surface area contributed by atoms with Gasteiger partial charge in [-0.2, -0.15) is 0 Å². The number of amides is 1. The number of rotatable bonds is 5. The molecule has 1 atom stereocenters. The molecular formula is C15H15BrClNO2. The van der Waals surface area contributed by atoms with Crippen molar-refractivity contribution in [1.29, 1.82) is 0 Å². The van der Waals surface area contributed by atoms with Crippen LogP contribution in [0.25, 0.3) is 0 Å². The Hall–Kier alpha value is -1.26. The minimum Gasteiger partial charge on any atom is -0.469 e. The summed E-state index contributed by atoms with van der Waals surface area (Å²) < 4.78 is 5.99. The van der Waals surface area contributed by atoms with E-state index < -0.39 is 0 Å². The van der Waals surface area contributed by atoms with Crippen LogP contribution in [-0.2, 0) is 6.42 Å². The van der Waals surface area contributed by atoms with Crippen molar-refractivity contribution in [1.82, 2.24) is 5.32 Å². The zero-order chi connectivity index (χ0) is 14.5. The van der Waals surface area contributed by atoms with E-state index in [1.165, 1.54) is 0 Å². The van der Waals surface area contributed by atoms with Crippen molar-refractivity contribution < 1.29 is 9.21 Å². The van der Waals surface area contributed by atoms with Gasteiger partial charge in [-0.1, -0.05) is 11.6 Å². The molecule has 1 aromatic carbocycles. The highest BCUT2D eigenvalue weighted by molar-refractivity contribution is 9.10. The van der Waals surface area contributed by atoms with Gasteiger partial charge < -0.3 is 9.73 Å². The number of furan rings is 1. The summed E-state index contributed by atoms with van der Waals surface area (Å²) in [5, 5.41) is 3.55. The summed E-state index contributed by atoms with van der Waals surface area (Å²) in [6.07, 6.45) is 3.29. The van der Waals surface area contributed by atoms with Crippen LogP contribution in [0.1, 0.15) is 29.5 Å². The summed E-state index contributed by atoms with van der Waals surface area (Å²) in [4.78, 5) is 12.1. The van der Waals surface area contributed by atoms with Crippen LogP contribution in [0.4, 0.5) is 0 Å². The van der Waals surface area contributed by atoms with Gasteiger partial charge >= 0.3 is 0 Å². The monoisotopic (exact) mass is 355 g/mol. The van der Waals surface area contributed by atoms with Crippen LogP contribution in [0.3, 0.4) is 0 Å². The summed E-state index contributed by atoms with van der Waals surface area (Å²) in [7, 11) is 0. The third kappa shape index (κ3) is 4.12. The molecule has 2 aromatic rings. The Balaban J connectivity index is 1.88. The molecule has 1 N–H and O–H groups in total. The standard InChI is InChI=1S/C15H15BrClNO2/c1-10(4-6-12-3-2-8-20-12)18-15(19)11-5-7-14(17)13(16)9-11/h2-3,5,7-10H,4,6H2,1H3,(H,18,19). The number of aryl methyl sites for hydroxylation is 1. The van der Waals surface area contributed by atoms with E-state index in [1.54, 1.807) is 24.5 Å². The van der Waals surface area contributed by atoms with Gasteiger partial charge in [0.15, 0.2) is 0 Å². The van der Waals surface area contributed by atoms with E-state index >= 15 is 0 Å². The maximum atomic E-state index is 12.1. The van der Waals surface area contributed by atoms with Crippen LogP contribution < -0.4 is 5.32 Å². The van der Waals surface area contributed by atoms with Crippen LogP contribution in [0.15, 0.2) is 45.5 Å². The van der Waals surface area contributed by atoms with Crippen LogP contribution in [0, 0.1) is 0 Å². The second kappa shape index (κ2) is 6.95. The largest absolute Gasteiger partial charge is 0.469 e. The van der Waals surface area contributed by atoms with Crippen molar-refractivity contribution in [2.24, 2.45) is 0 Å². The first-order valence-corrected chi connectivity index (χ1v) is 7.51. The predicted octanol–water partition coefficient (Wildman–Crippen LogP) is 4.45. The second-order valence-corrected chi connectivity index (χ2v) is 5.88. The Morgan fingerprint density at radius 2 is 2.25 bits per heavy atom. The number of hydrogen-bond donors (Lipinski definition) is 1. The van der Waals surface area contributed by atoms with Gasteiger partial charge in [-0.05, 0) is 59.6 Å². The molecule has 106 valence electrons. The van der Waals surface area contributed by atoms with E-state index in [2.05, 4.69) is 21.2 Å². The maximum Gasteiger partial charge on any atom is 0.251 e. The first kappa shape index (κ1) is 15.1. The highest BCUT2D eigenvalue weighted by Crippen LogP contribution is 2.23. The zero-order valence-corrected chi connectivity index (χ0v) is 13.4. The zero-order valence-electron chi connectivity index (χ0n) is 11.0. The van der Waals surface area contributed by atoms with E-state index in [0.29, 0.717) is 10.6 Å². The molecule has 0 spiro atoms. The lowest BCUT2D eigenvalue weighted by molar-refractivity contribution is 0.0938. The molecule has 5 heteroatoms. The fourth-order valence-corrected chi connectivity index (χ4v) is 2.33. The SMILES string of the molecule is CC(CCc1ccco1)NC(=O)c1ccc(Cl)c(Br)c1. The first-order chi connectivity index (χ1) is 9.56. The molecule has 1 amide bonds. The van der Waals surface area contributed by atoms with E-state index in [9.17, 15) is 4.79 Å². The van der Waals surface area contributed by atoms with Crippen LogP contribution in [0.5, 0.6) is 0 Å². The number of halogens is 2. The Morgan fingerprint density at radius 1 is 1.45 bits per heavy atom. The average Bonchev–Trinajstić information content (AvgIpc) is 2.92. The van der Waals surface area contributed by atoms with E-state index in [-0.39, 0.29) is 11.9 Å². The summed E-state index contributed by atoms with van der Waals surface area (Å²) in [6, 6.07) is 9.00. The van der Waals surface area contributed by atoms with Crippen LogP contribution in [-0.4, -0.2) is 11.9 Å². The van der Waals surface area contributed by atoms with Crippen molar-refractivity contribution >= 4 is 33.4 Å². The summed E-state index contributed by atoms with van der Waals surface area (Å²) in [5.74, 6) is 0.828. The molecule has 0 bridgehead atoms. The van der Waals surface area contributed by atoms with Gasteiger partial charge in [-0.3, -0.25) is 4.79 Å². The molecule has 2 rings (SSSR count). The van der Waals surface area contributed by atoms with Gasteiger partial charge in [0.1, 0.15) is 5.76 Å². The minimum atomic E-state index is -0.102. The Morgan fingerprint density at radius 3 is 2.90 bits per heavy atom. The van der Waals surface area contributed by atoms with Crippen molar-refractivity contribution in [2.75, 3.05) is 0 Å². The smallest absolute Gasteiger partial charge is 0.251 e. The molecule has 0 radical (unpaired) electrons. The predicted molar refractivity (Wildman–Crippen MR) is 83.1 cm³/mol. The Labute approximate surface area is 131 Å². The highest BCUT2D eigenvalue weighted by atomic mass is 79.9. The summed E-state index contributed by atoms with van der Waals surface area (Å²) >= 11 is 9.22. The number of carbonyl (C=O) groups excluding carboxylic acids is 1. The van der Waals surface area contributed by atoms with Gasteiger partial charge in [0.05, 0.1) is 11.3 Å². The first-order valence-electron chi connectivity index (χ1n) is 6.34. The molecule has 0 saturated heterocycles. The molecule has 1 unspecified atom stereocenters. The van der Waals surface area contributed by atoms with Crippen molar-refractivity contribution in [2.45, 2.75) is 25.8 Å². The topological polar surface area (TPSA) is 42.2 Å². The number of carbonyl (C=O) groups is 1. The lowest BCUT2D eigenvalue weighted by atomic mass is 10.1. The summed E-state index contributed by atoms with van der Waals surface area (Å²) in [5.41, 5.74) is 0.589. The van der Waals surface area contributed by atoms with Crippen LogP contribution >= 0.6 is 27.5 Å². The maximum absolute atomic E-state index is 12.1. The fraction of sp³-hybridized carbons (Fsp3) is 0.267. The molecule has 1 aromatic heterocycles. The molecule has 20 heavy (non-hydrogen) atoms. The lowest BCUT2D eigenvalue weighted by Gasteiger charge is -2.13. The molecule has 3 nitrogen and oxygen atoms in total. The molecule has 1 heterocycles. The molecule has 0 aliphatic carbocycles. The average molecular weight is 357 g/mol. The van der Waals surface area contributed by atoms with E-state index in [4.69, 9.17) is 16.0 Å². The van der Waals surface area contributed by atoms with Gasteiger partial charge in [-0.25, -0.2) is 0 Å². The lowest BCUT2D eigenvalue weighted by Crippen LogP contribution is -2.32. The number of nitrogens with one attached hydrogen (secondary N) is 1. The quantitative estimate of drug-likeness (QED) is 0.860. The van der Waals surface area contributed by atoms with Gasteiger partial charge in [0.25, 0.3) is 5.91 Å². The normalized spacial score (nSPS) is 12.2. The highest BCUT2D eigenvalue weighted by Gasteiger charge is 2.11. The minimum absolute atomic E-state index is 0.0713. The molecule has 0 fully saturated rings. The van der Waals surface area contributed by atoms with Gasteiger partial charge in [0.2, 0.25) is 0 Å². The molecule has 0 saturated carbocycles. The molecule has 0 aliphatic heterocycles. The van der Waals surface area contributed by atoms with Crippen molar-refractivity contribution in [3.63, 3.8) is 0 Å². The van der Waals surface area contributed by atoms with Gasteiger partial charge in [0, 0.05) is 22.5 Å². The third-order valence-electron chi connectivity index (χ3n) is 2.96. The Kier molecular flexibility index (Phi) is 5.26.